The summed E-state index contributed by atoms with van der Waals surface area (Å²) in [4.78, 5) is 0. The van der Waals surface area contributed by atoms with Gasteiger partial charge in [-0.05, 0) is 0 Å². The fourth-order valence-electron chi connectivity index (χ4n) is 7.77. The molecule has 0 fully saturated rings. The number of rotatable bonds is 3. The SMILES string of the molecule is C[Si](c1ccccc1)=[Zr+2]([C]1=Cc2c(ccc3ccccc23)C2C=CC=C12)[C]1=Cc2c(ccc3ccccc23)C2C=CC=C12.[Cl-].[Cl-]. The van der Waals surface area contributed by atoms with Crippen molar-refractivity contribution in [2.24, 2.45) is 0 Å². The summed E-state index contributed by atoms with van der Waals surface area (Å²) in [6.45, 7) is 2.63. The van der Waals surface area contributed by atoms with Crippen molar-refractivity contribution >= 4 is 44.3 Å². The third-order valence-corrected chi connectivity index (χ3v) is 27.4. The van der Waals surface area contributed by atoms with Gasteiger partial charge in [-0.1, -0.05) is 0 Å². The topological polar surface area (TPSA) is 0 Å². The monoisotopic (exact) mass is 710 g/mol. The van der Waals surface area contributed by atoms with E-state index in [2.05, 4.69) is 158 Å². The molecular formula is C41H30Cl2SiZr. The number of hydrogen-bond donors (Lipinski definition) is 0. The van der Waals surface area contributed by atoms with E-state index in [1.165, 1.54) is 43.8 Å². The third-order valence-electron chi connectivity index (χ3n) is 9.83. The van der Waals surface area contributed by atoms with Gasteiger partial charge >= 0.3 is 263 Å². The normalized spacial score (nSPS) is 18.1. The molecule has 216 valence electrons. The van der Waals surface area contributed by atoms with E-state index in [0.29, 0.717) is 11.8 Å². The standard InChI is InChI=1S/2C17H11.C7H8Si.2ClH.Zr/c2*1-2-6-14-12(4-1)8-10-17-15-7-3-5-13(15)9-11-16(14)17;1-8-7-5-3-2-4-6-7;;;/h2*1-8,10-11,15H;2-6H,1H3;2*1H;/q;;;;;+2/p-2. The average molecular weight is 713 g/mol. The summed E-state index contributed by atoms with van der Waals surface area (Å²) in [5.74, 6) is 0.703. The van der Waals surface area contributed by atoms with E-state index in [0.717, 1.165) is 0 Å². The smallest absolute Gasteiger partial charge is 1.00 e. The molecule has 0 saturated heterocycles. The molecule has 2 unspecified atom stereocenters. The zero-order chi connectivity index (χ0) is 28.5. The maximum atomic E-state index is 2.66. The summed E-state index contributed by atoms with van der Waals surface area (Å²) in [5.41, 5.74) is 8.07. The molecule has 0 saturated carbocycles. The predicted octanol–water partition coefficient (Wildman–Crippen LogP) is 3.72. The van der Waals surface area contributed by atoms with Crippen molar-refractivity contribution in [3.05, 3.63) is 180 Å². The fraction of sp³-hybridized carbons (Fsp3) is 0.0732. The number of allylic oxidation sites excluding steroid dienone is 10. The van der Waals surface area contributed by atoms with E-state index >= 15 is 0 Å². The predicted molar refractivity (Wildman–Crippen MR) is 181 cm³/mol. The van der Waals surface area contributed by atoms with E-state index in [-0.39, 0.29) is 24.8 Å². The van der Waals surface area contributed by atoms with Crippen LogP contribution in [0.2, 0.25) is 6.55 Å². The number of fused-ring (bicyclic) bond motifs is 10. The molecule has 0 radical (unpaired) electrons. The summed E-state index contributed by atoms with van der Waals surface area (Å²) in [6, 6.07) is 38.8. The van der Waals surface area contributed by atoms with E-state index in [1.807, 2.05) is 0 Å². The van der Waals surface area contributed by atoms with Crippen LogP contribution < -0.4 is 30.0 Å². The minimum absolute atomic E-state index is 0. The molecule has 0 bridgehead atoms. The first-order valence-corrected chi connectivity index (χ1v) is 23.4. The minimum atomic E-state index is -2.58. The summed E-state index contributed by atoms with van der Waals surface area (Å²) < 4.78 is 3.39. The Morgan fingerprint density at radius 1 is 0.533 bits per heavy atom. The number of benzene rings is 5. The Labute approximate surface area is 285 Å². The summed E-state index contributed by atoms with van der Waals surface area (Å²) in [5, 5.41) is 7.01. The van der Waals surface area contributed by atoms with Crippen LogP contribution in [0.3, 0.4) is 0 Å². The third kappa shape index (κ3) is 4.81. The summed E-state index contributed by atoms with van der Waals surface area (Å²) >= 11 is -2.58. The molecule has 0 N–H and O–H groups in total. The molecular weight excluding hydrogens is 683 g/mol. The second kappa shape index (κ2) is 12.2. The molecule has 9 rings (SSSR count). The van der Waals surface area contributed by atoms with Gasteiger partial charge in [0.1, 0.15) is 0 Å². The van der Waals surface area contributed by atoms with Crippen LogP contribution in [-0.2, 0) is 20.4 Å². The van der Waals surface area contributed by atoms with E-state index in [1.54, 1.807) is 22.9 Å². The van der Waals surface area contributed by atoms with Gasteiger partial charge in [0.05, 0.1) is 0 Å². The molecule has 4 aliphatic carbocycles. The molecule has 5 aromatic rings. The van der Waals surface area contributed by atoms with Crippen LogP contribution in [0.15, 0.2) is 157 Å². The van der Waals surface area contributed by atoms with Gasteiger partial charge in [-0.15, -0.1) is 0 Å². The number of halogens is 2. The van der Waals surface area contributed by atoms with E-state index in [9.17, 15) is 0 Å². The summed E-state index contributed by atoms with van der Waals surface area (Å²) in [6.07, 6.45) is 19.7. The molecule has 4 heteroatoms. The average Bonchev–Trinajstić information content (AvgIpc) is 3.76. The zero-order valence-electron chi connectivity index (χ0n) is 24.8. The molecule has 45 heavy (non-hydrogen) atoms. The Balaban J connectivity index is 0.00000163. The Morgan fingerprint density at radius 2 is 1.00 bits per heavy atom. The maximum absolute atomic E-state index is 2.66. The van der Waals surface area contributed by atoms with Crippen molar-refractivity contribution in [1.29, 1.82) is 0 Å². The molecule has 0 nitrogen and oxygen atoms in total. The van der Waals surface area contributed by atoms with Crippen LogP contribution in [-0.4, -0.2) is 5.43 Å². The van der Waals surface area contributed by atoms with Gasteiger partial charge < -0.3 is 24.8 Å². The van der Waals surface area contributed by atoms with Gasteiger partial charge in [0, 0.05) is 0 Å². The van der Waals surface area contributed by atoms with Crippen LogP contribution in [0.25, 0.3) is 33.7 Å². The second-order valence-corrected chi connectivity index (χ2v) is 26.8. The van der Waals surface area contributed by atoms with Crippen LogP contribution >= 0.6 is 0 Å². The van der Waals surface area contributed by atoms with Gasteiger partial charge in [-0.3, -0.25) is 0 Å². The molecule has 4 aliphatic rings. The molecule has 0 heterocycles. The van der Waals surface area contributed by atoms with Crippen molar-refractivity contribution in [3.8, 4) is 0 Å². The van der Waals surface area contributed by atoms with Crippen LogP contribution in [0.1, 0.15) is 34.1 Å². The quantitative estimate of drug-likeness (QED) is 0.251. The van der Waals surface area contributed by atoms with Gasteiger partial charge in [0.15, 0.2) is 0 Å². The van der Waals surface area contributed by atoms with Crippen molar-refractivity contribution < 1.29 is 45.2 Å². The summed E-state index contributed by atoms with van der Waals surface area (Å²) in [7, 11) is 0. The Morgan fingerprint density at radius 3 is 1.51 bits per heavy atom. The molecule has 2 atom stereocenters. The van der Waals surface area contributed by atoms with Crippen LogP contribution in [0, 0.1) is 0 Å². The Hall–Kier alpha value is -3.26. The van der Waals surface area contributed by atoms with Crippen LogP contribution in [0.4, 0.5) is 0 Å². The van der Waals surface area contributed by atoms with Crippen LogP contribution in [0.5, 0.6) is 0 Å². The Kier molecular flexibility index (Phi) is 8.21. The van der Waals surface area contributed by atoms with Crippen molar-refractivity contribution in [2.75, 3.05) is 0 Å². The number of hydrogen-bond acceptors (Lipinski definition) is 0. The van der Waals surface area contributed by atoms with Crippen molar-refractivity contribution in [2.45, 2.75) is 18.4 Å². The first-order valence-electron chi connectivity index (χ1n) is 15.3. The molecule has 5 aromatic carbocycles. The van der Waals surface area contributed by atoms with Crippen molar-refractivity contribution in [3.63, 3.8) is 0 Å². The largest absolute Gasteiger partial charge is 1.00 e. The second-order valence-electron chi connectivity index (χ2n) is 12.0. The van der Waals surface area contributed by atoms with Gasteiger partial charge in [-0.2, -0.15) is 0 Å². The van der Waals surface area contributed by atoms with Gasteiger partial charge in [0.25, 0.3) is 0 Å². The Bertz CT molecular complexity index is 2110. The van der Waals surface area contributed by atoms with Crippen molar-refractivity contribution in [1.82, 2.24) is 0 Å². The molecule has 0 amide bonds. The van der Waals surface area contributed by atoms with Gasteiger partial charge in [0.2, 0.25) is 0 Å². The molecule has 0 aliphatic heterocycles. The van der Waals surface area contributed by atoms with E-state index < -0.39 is 25.8 Å². The zero-order valence-corrected chi connectivity index (χ0v) is 29.8. The minimum Gasteiger partial charge on any atom is -1.00 e. The van der Waals surface area contributed by atoms with Gasteiger partial charge in [-0.25, -0.2) is 0 Å². The molecule has 0 spiro atoms. The molecule has 0 aromatic heterocycles. The fourth-order valence-corrected chi connectivity index (χ4v) is 26.2. The first-order chi connectivity index (χ1) is 21.3. The van der Waals surface area contributed by atoms with E-state index in [4.69, 9.17) is 0 Å². The first kappa shape index (κ1) is 30.4. The maximum Gasteiger partial charge on any atom is -1.00 e.